The number of carbonyl (C=O) groups excluding carboxylic acids is 2. The number of benzene rings is 2. The van der Waals surface area contributed by atoms with E-state index in [1.807, 2.05) is 6.92 Å². The number of amides is 2. The summed E-state index contributed by atoms with van der Waals surface area (Å²) in [5.74, 6) is -0.511. The second kappa shape index (κ2) is 8.99. The molecule has 0 bridgehead atoms. The van der Waals surface area contributed by atoms with E-state index in [2.05, 4.69) is 22.5 Å². The number of halogens is 1. The number of nitrogens with zero attached hydrogens (tertiary/aromatic N) is 1. The van der Waals surface area contributed by atoms with E-state index in [9.17, 15) is 9.59 Å². The maximum absolute atomic E-state index is 12.7. The number of aromatic nitrogens is 1. The molecule has 2 aromatic carbocycles. The number of anilines is 2. The Bertz CT molecular complexity index is 999. The highest BCUT2D eigenvalue weighted by atomic mass is 35.5. The van der Waals surface area contributed by atoms with Gasteiger partial charge in [0.1, 0.15) is 4.88 Å². The minimum absolute atomic E-state index is 0.231. The third kappa shape index (κ3) is 4.77. The van der Waals surface area contributed by atoms with E-state index < -0.39 is 0 Å². The van der Waals surface area contributed by atoms with Gasteiger partial charge in [0.15, 0.2) is 0 Å². The molecule has 1 heterocycles. The minimum Gasteiger partial charge on any atom is -0.320 e. The lowest BCUT2D eigenvalue weighted by Crippen LogP contribution is -2.16. The minimum atomic E-state index is -0.280. The van der Waals surface area contributed by atoms with Gasteiger partial charge in [-0.3, -0.25) is 9.59 Å². The molecule has 144 valence electrons. The van der Waals surface area contributed by atoms with Gasteiger partial charge in [-0.2, -0.15) is 0 Å². The van der Waals surface area contributed by atoms with Gasteiger partial charge in [-0.1, -0.05) is 30.7 Å². The highest BCUT2D eigenvalue weighted by molar-refractivity contribution is 7.13. The van der Waals surface area contributed by atoms with Crippen LogP contribution in [0.2, 0.25) is 5.02 Å². The van der Waals surface area contributed by atoms with Gasteiger partial charge >= 0.3 is 0 Å². The van der Waals surface area contributed by atoms with Gasteiger partial charge in [-0.05, 0) is 56.2 Å². The topological polar surface area (TPSA) is 71.1 Å². The summed E-state index contributed by atoms with van der Waals surface area (Å²) in [7, 11) is 0. The lowest BCUT2D eigenvalue weighted by molar-refractivity contribution is 0.101. The summed E-state index contributed by atoms with van der Waals surface area (Å²) in [6, 6.07) is 13.7. The Balaban J connectivity index is 1.77. The zero-order valence-corrected chi connectivity index (χ0v) is 17.2. The molecular weight excluding hydrogens is 394 g/mol. The summed E-state index contributed by atoms with van der Waals surface area (Å²) in [6.07, 6.45) is 1.83. The van der Waals surface area contributed by atoms with Gasteiger partial charge < -0.3 is 10.6 Å². The van der Waals surface area contributed by atoms with Crippen molar-refractivity contribution in [1.82, 2.24) is 4.98 Å². The summed E-state index contributed by atoms with van der Waals surface area (Å²) in [6.45, 7) is 3.91. The first-order valence-electron chi connectivity index (χ1n) is 8.91. The average Bonchev–Trinajstić information content (AvgIpc) is 3.04. The molecule has 0 aliphatic rings. The molecule has 5 nitrogen and oxygen atoms in total. The molecule has 0 unspecified atom stereocenters. The van der Waals surface area contributed by atoms with Crippen molar-refractivity contribution >= 4 is 46.1 Å². The molecule has 1 aromatic heterocycles. The molecule has 0 atom stereocenters. The molecule has 0 saturated carbocycles. The molecule has 2 N–H and O–H groups in total. The predicted octanol–water partition coefficient (Wildman–Crippen LogP) is 5.56. The monoisotopic (exact) mass is 413 g/mol. The molecule has 3 rings (SSSR count). The van der Waals surface area contributed by atoms with Crippen molar-refractivity contribution in [2.24, 2.45) is 0 Å². The Morgan fingerprint density at radius 2 is 1.61 bits per heavy atom. The van der Waals surface area contributed by atoms with Crippen molar-refractivity contribution in [3.8, 4) is 0 Å². The molecule has 0 spiro atoms. The summed E-state index contributed by atoms with van der Waals surface area (Å²) in [5.41, 5.74) is 2.24. The fourth-order valence-corrected chi connectivity index (χ4v) is 3.85. The SMILES string of the molecule is CCCc1nc(C)c(C(=O)Nc2ccccc2NC(=O)c2ccc(Cl)cc2)s1. The van der Waals surface area contributed by atoms with Crippen molar-refractivity contribution in [2.75, 3.05) is 10.6 Å². The summed E-state index contributed by atoms with van der Waals surface area (Å²) < 4.78 is 0. The lowest BCUT2D eigenvalue weighted by Gasteiger charge is -2.12. The number of carbonyl (C=O) groups is 2. The van der Waals surface area contributed by atoms with E-state index in [4.69, 9.17) is 11.6 Å². The van der Waals surface area contributed by atoms with Crippen LogP contribution in [-0.4, -0.2) is 16.8 Å². The first-order valence-corrected chi connectivity index (χ1v) is 10.1. The van der Waals surface area contributed by atoms with Gasteiger partial charge in [0, 0.05) is 10.6 Å². The zero-order chi connectivity index (χ0) is 20.1. The normalized spacial score (nSPS) is 10.5. The Labute approximate surface area is 172 Å². The Hall–Kier alpha value is -2.70. The molecule has 0 saturated heterocycles. The van der Waals surface area contributed by atoms with Crippen LogP contribution in [0.15, 0.2) is 48.5 Å². The third-order valence-electron chi connectivity index (χ3n) is 4.04. The van der Waals surface area contributed by atoms with E-state index in [1.54, 1.807) is 48.5 Å². The third-order valence-corrected chi connectivity index (χ3v) is 5.51. The van der Waals surface area contributed by atoms with Crippen molar-refractivity contribution in [1.29, 1.82) is 0 Å². The number of hydrogen-bond donors (Lipinski definition) is 2. The average molecular weight is 414 g/mol. The molecular formula is C21H20ClN3O2S. The zero-order valence-electron chi connectivity index (χ0n) is 15.6. The number of hydrogen-bond acceptors (Lipinski definition) is 4. The lowest BCUT2D eigenvalue weighted by atomic mass is 10.2. The summed E-state index contributed by atoms with van der Waals surface area (Å²) in [4.78, 5) is 30.3. The van der Waals surface area contributed by atoms with Crippen molar-refractivity contribution in [3.63, 3.8) is 0 Å². The van der Waals surface area contributed by atoms with Crippen LogP contribution in [0, 0.1) is 6.92 Å². The van der Waals surface area contributed by atoms with Crippen LogP contribution in [-0.2, 0) is 6.42 Å². The first kappa shape index (κ1) is 20.0. The Kier molecular flexibility index (Phi) is 6.44. The molecule has 2 amide bonds. The molecule has 0 aliphatic carbocycles. The van der Waals surface area contributed by atoms with Crippen LogP contribution >= 0.6 is 22.9 Å². The van der Waals surface area contributed by atoms with E-state index in [0.29, 0.717) is 32.5 Å². The summed E-state index contributed by atoms with van der Waals surface area (Å²) >= 11 is 7.27. The second-order valence-electron chi connectivity index (χ2n) is 6.23. The Morgan fingerprint density at radius 1 is 1.00 bits per heavy atom. The van der Waals surface area contributed by atoms with Gasteiger partial charge in [0.25, 0.3) is 11.8 Å². The van der Waals surface area contributed by atoms with Crippen LogP contribution in [0.3, 0.4) is 0 Å². The van der Waals surface area contributed by atoms with E-state index in [-0.39, 0.29) is 11.8 Å². The number of thiazole rings is 1. The molecule has 0 radical (unpaired) electrons. The number of aryl methyl sites for hydroxylation is 2. The van der Waals surface area contributed by atoms with Crippen LogP contribution in [0.25, 0.3) is 0 Å². The van der Waals surface area contributed by atoms with Gasteiger partial charge in [0.2, 0.25) is 0 Å². The first-order chi connectivity index (χ1) is 13.5. The van der Waals surface area contributed by atoms with Crippen LogP contribution in [0.5, 0.6) is 0 Å². The highest BCUT2D eigenvalue weighted by Gasteiger charge is 2.17. The number of nitrogens with one attached hydrogen (secondary N) is 2. The van der Waals surface area contributed by atoms with Crippen LogP contribution < -0.4 is 10.6 Å². The van der Waals surface area contributed by atoms with E-state index in [1.165, 1.54) is 11.3 Å². The maximum Gasteiger partial charge on any atom is 0.267 e. The van der Waals surface area contributed by atoms with Crippen LogP contribution in [0.1, 0.15) is 44.1 Å². The van der Waals surface area contributed by atoms with E-state index in [0.717, 1.165) is 17.8 Å². The fourth-order valence-electron chi connectivity index (χ4n) is 2.66. The molecule has 28 heavy (non-hydrogen) atoms. The fraction of sp³-hybridized carbons (Fsp3) is 0.190. The number of rotatable bonds is 6. The van der Waals surface area contributed by atoms with Gasteiger partial charge in [-0.25, -0.2) is 4.98 Å². The van der Waals surface area contributed by atoms with E-state index >= 15 is 0 Å². The molecule has 3 aromatic rings. The van der Waals surface area contributed by atoms with Crippen molar-refractivity contribution in [2.45, 2.75) is 26.7 Å². The molecule has 7 heteroatoms. The van der Waals surface area contributed by atoms with Gasteiger partial charge in [-0.15, -0.1) is 11.3 Å². The predicted molar refractivity (Wildman–Crippen MR) is 115 cm³/mol. The van der Waals surface area contributed by atoms with Gasteiger partial charge in [0.05, 0.1) is 22.1 Å². The Morgan fingerprint density at radius 3 is 2.21 bits per heavy atom. The van der Waals surface area contributed by atoms with Crippen LogP contribution in [0.4, 0.5) is 11.4 Å². The molecule has 0 aliphatic heterocycles. The quantitative estimate of drug-likeness (QED) is 0.555. The largest absolute Gasteiger partial charge is 0.320 e. The summed E-state index contributed by atoms with van der Waals surface area (Å²) in [5, 5.41) is 7.23. The number of para-hydroxylation sites is 2. The second-order valence-corrected chi connectivity index (χ2v) is 7.75. The smallest absolute Gasteiger partial charge is 0.267 e. The standard InChI is InChI=1S/C21H20ClN3O2S/c1-3-6-18-23-13(2)19(28-18)21(27)25-17-8-5-4-7-16(17)24-20(26)14-9-11-15(22)12-10-14/h4-5,7-12H,3,6H2,1-2H3,(H,24,26)(H,25,27). The highest BCUT2D eigenvalue weighted by Crippen LogP contribution is 2.25. The van der Waals surface area contributed by atoms with Crippen molar-refractivity contribution < 1.29 is 9.59 Å². The molecule has 0 fully saturated rings. The van der Waals surface area contributed by atoms with Crippen molar-refractivity contribution in [3.05, 3.63) is 74.7 Å². The maximum atomic E-state index is 12.7.